The summed E-state index contributed by atoms with van der Waals surface area (Å²) in [7, 11) is -2.79. The third-order valence-electron chi connectivity index (χ3n) is 4.69. The highest BCUT2D eigenvalue weighted by molar-refractivity contribution is 7.92. The Labute approximate surface area is 205 Å². The lowest BCUT2D eigenvalue weighted by Gasteiger charge is -2.24. The van der Waals surface area contributed by atoms with Crippen LogP contribution < -0.4 is 19.1 Å². The number of nitrogens with one attached hydrogen (secondary N) is 1. The number of halogens is 4. The number of hydrogen-bond donors (Lipinski definition) is 1. The van der Waals surface area contributed by atoms with Gasteiger partial charge in [0.15, 0.2) is 0 Å². The first-order valence-electron chi connectivity index (χ1n) is 9.97. The smallest absolute Gasteiger partial charge is 0.495 e. The Morgan fingerprint density at radius 3 is 2.20 bits per heavy atom. The molecule has 0 bridgehead atoms. The average Bonchev–Trinajstić information content (AvgIpc) is 2.78. The third-order valence-corrected chi connectivity index (χ3v) is 6.77. The van der Waals surface area contributed by atoms with Crippen LogP contribution in [-0.4, -0.2) is 34.3 Å². The Balaban J connectivity index is 1.88. The topological polar surface area (TPSA) is 84.9 Å². The number of aryl methyl sites for hydroxylation is 1. The molecule has 186 valence electrons. The molecule has 0 aromatic heterocycles. The van der Waals surface area contributed by atoms with Gasteiger partial charge in [0.2, 0.25) is 5.91 Å². The van der Waals surface area contributed by atoms with Gasteiger partial charge in [0.05, 0.1) is 22.7 Å². The zero-order valence-electron chi connectivity index (χ0n) is 18.5. The minimum Gasteiger partial charge on any atom is -0.495 e. The van der Waals surface area contributed by atoms with E-state index in [1.54, 1.807) is 19.1 Å². The largest absolute Gasteiger partial charge is 0.573 e. The van der Waals surface area contributed by atoms with Crippen molar-refractivity contribution in [3.05, 3.63) is 77.3 Å². The lowest BCUT2D eigenvalue weighted by molar-refractivity contribution is -0.274. The highest BCUT2D eigenvalue weighted by Crippen LogP contribution is 2.32. The molecular weight excluding hydrogens is 509 g/mol. The molecule has 0 saturated carbocycles. The number of sulfonamides is 1. The molecule has 1 amide bonds. The van der Waals surface area contributed by atoms with E-state index in [9.17, 15) is 26.4 Å². The first kappa shape index (κ1) is 26.2. The quantitative estimate of drug-likeness (QED) is 0.424. The van der Waals surface area contributed by atoms with Gasteiger partial charge < -0.3 is 14.8 Å². The number of carbonyl (C=O) groups excluding carboxylic acids is 1. The molecule has 0 fully saturated rings. The zero-order chi connectivity index (χ0) is 25.8. The van der Waals surface area contributed by atoms with Crippen molar-refractivity contribution in [1.82, 2.24) is 0 Å². The summed E-state index contributed by atoms with van der Waals surface area (Å²) in [5.41, 5.74) is 1.10. The van der Waals surface area contributed by atoms with Gasteiger partial charge in [0.25, 0.3) is 10.0 Å². The predicted molar refractivity (Wildman–Crippen MR) is 125 cm³/mol. The number of benzene rings is 3. The van der Waals surface area contributed by atoms with Crippen LogP contribution in [0.15, 0.2) is 71.6 Å². The minimum atomic E-state index is -4.85. The highest BCUT2D eigenvalue weighted by Gasteiger charge is 2.31. The van der Waals surface area contributed by atoms with Crippen LogP contribution in [0.25, 0.3) is 0 Å². The number of rotatable bonds is 8. The van der Waals surface area contributed by atoms with Gasteiger partial charge in [0, 0.05) is 5.69 Å². The fourth-order valence-electron chi connectivity index (χ4n) is 3.03. The standard InChI is InChI=1S/C23H20ClF3N2O5S/c1-15-3-10-19(11-4-15)35(31,32)29(17-7-12-21(33-2)20(24)13-17)14-22(30)28-16-5-8-18(9-6-16)34-23(25,26)27/h3-13H,14H2,1-2H3,(H,28,30). The van der Waals surface area contributed by atoms with E-state index >= 15 is 0 Å². The molecule has 0 radical (unpaired) electrons. The van der Waals surface area contributed by atoms with Gasteiger partial charge in [-0.2, -0.15) is 0 Å². The summed E-state index contributed by atoms with van der Waals surface area (Å²) in [5.74, 6) is -0.891. The molecule has 3 aromatic carbocycles. The molecule has 0 aliphatic heterocycles. The van der Waals surface area contributed by atoms with Crippen LogP contribution in [0.3, 0.4) is 0 Å². The molecule has 7 nitrogen and oxygen atoms in total. The van der Waals surface area contributed by atoms with Crippen LogP contribution in [0.1, 0.15) is 5.56 Å². The van der Waals surface area contributed by atoms with E-state index in [0.29, 0.717) is 5.75 Å². The Kier molecular flexibility index (Phi) is 7.81. The number of ether oxygens (including phenoxy) is 2. The number of hydrogen-bond acceptors (Lipinski definition) is 5. The van der Waals surface area contributed by atoms with Crippen molar-refractivity contribution in [2.45, 2.75) is 18.2 Å². The second kappa shape index (κ2) is 10.4. The van der Waals surface area contributed by atoms with Gasteiger partial charge >= 0.3 is 6.36 Å². The maximum Gasteiger partial charge on any atom is 0.573 e. The van der Waals surface area contributed by atoms with Gasteiger partial charge in [-0.15, -0.1) is 13.2 Å². The van der Waals surface area contributed by atoms with E-state index in [-0.39, 0.29) is 21.3 Å². The molecular formula is C23H20ClF3N2O5S. The van der Waals surface area contributed by atoms with Crippen molar-refractivity contribution in [2.75, 3.05) is 23.3 Å². The molecule has 12 heteroatoms. The number of anilines is 2. The van der Waals surface area contributed by atoms with Crippen molar-refractivity contribution < 1.29 is 35.9 Å². The molecule has 0 heterocycles. The van der Waals surface area contributed by atoms with Crippen LogP contribution in [0.5, 0.6) is 11.5 Å². The van der Waals surface area contributed by atoms with E-state index in [0.717, 1.165) is 22.0 Å². The lowest BCUT2D eigenvalue weighted by Crippen LogP contribution is -2.38. The second-order valence-corrected chi connectivity index (χ2v) is 9.53. The Hall–Kier alpha value is -3.44. The second-order valence-electron chi connectivity index (χ2n) is 7.26. The maximum absolute atomic E-state index is 13.4. The highest BCUT2D eigenvalue weighted by atomic mass is 35.5. The van der Waals surface area contributed by atoms with Gasteiger partial charge in [-0.25, -0.2) is 8.42 Å². The van der Waals surface area contributed by atoms with Crippen LogP contribution in [0.2, 0.25) is 5.02 Å². The summed E-state index contributed by atoms with van der Waals surface area (Å²) in [6.07, 6.45) is -4.85. The monoisotopic (exact) mass is 528 g/mol. The number of alkyl halides is 3. The summed E-state index contributed by atoms with van der Waals surface area (Å²) in [6.45, 7) is 1.16. The maximum atomic E-state index is 13.4. The molecule has 0 aliphatic carbocycles. The SMILES string of the molecule is COc1ccc(N(CC(=O)Nc2ccc(OC(F)(F)F)cc2)S(=O)(=O)c2ccc(C)cc2)cc1Cl. The summed E-state index contributed by atoms with van der Waals surface area (Å²) in [4.78, 5) is 12.7. The van der Waals surface area contributed by atoms with E-state index in [4.69, 9.17) is 16.3 Å². The van der Waals surface area contributed by atoms with Crippen LogP contribution in [-0.2, 0) is 14.8 Å². The summed E-state index contributed by atoms with van der Waals surface area (Å²) >= 11 is 6.18. The minimum absolute atomic E-state index is 0.0449. The first-order chi connectivity index (χ1) is 16.4. The Morgan fingerprint density at radius 2 is 1.66 bits per heavy atom. The number of nitrogens with zero attached hydrogens (tertiary/aromatic N) is 1. The number of carbonyl (C=O) groups is 1. The van der Waals surface area contributed by atoms with Crippen LogP contribution in [0.4, 0.5) is 24.5 Å². The molecule has 3 rings (SSSR count). The van der Waals surface area contributed by atoms with E-state index in [1.807, 2.05) is 0 Å². The molecule has 0 spiro atoms. The van der Waals surface area contributed by atoms with Crippen LogP contribution >= 0.6 is 11.6 Å². The molecule has 35 heavy (non-hydrogen) atoms. The van der Waals surface area contributed by atoms with Crippen molar-refractivity contribution in [1.29, 1.82) is 0 Å². The van der Waals surface area contributed by atoms with E-state index in [1.165, 1.54) is 49.6 Å². The number of amides is 1. The molecule has 3 aromatic rings. The lowest BCUT2D eigenvalue weighted by atomic mass is 10.2. The normalized spacial score (nSPS) is 11.6. The molecule has 0 atom stereocenters. The fraction of sp³-hybridized carbons (Fsp3) is 0.174. The molecule has 1 N–H and O–H groups in total. The predicted octanol–water partition coefficient (Wildman–Crippen LogP) is 5.39. The fourth-order valence-corrected chi connectivity index (χ4v) is 4.70. The first-order valence-corrected chi connectivity index (χ1v) is 11.8. The number of methoxy groups -OCH3 is 1. The summed E-state index contributed by atoms with van der Waals surface area (Å²) in [5, 5.41) is 2.60. The van der Waals surface area contributed by atoms with Crippen LogP contribution in [0, 0.1) is 6.92 Å². The van der Waals surface area contributed by atoms with Crippen molar-refractivity contribution in [2.24, 2.45) is 0 Å². The van der Waals surface area contributed by atoms with Gasteiger partial charge in [0.1, 0.15) is 18.0 Å². The van der Waals surface area contributed by atoms with Crippen molar-refractivity contribution in [3.8, 4) is 11.5 Å². The average molecular weight is 529 g/mol. The van der Waals surface area contributed by atoms with E-state index in [2.05, 4.69) is 10.1 Å². The summed E-state index contributed by atoms with van der Waals surface area (Å²) < 4.78 is 73.6. The zero-order valence-corrected chi connectivity index (χ0v) is 20.0. The third kappa shape index (κ3) is 6.80. The van der Waals surface area contributed by atoms with Crippen molar-refractivity contribution in [3.63, 3.8) is 0 Å². The van der Waals surface area contributed by atoms with Crippen molar-refractivity contribution >= 4 is 38.9 Å². The van der Waals surface area contributed by atoms with E-state index < -0.39 is 34.6 Å². The Morgan fingerprint density at radius 1 is 1.03 bits per heavy atom. The Bertz CT molecular complexity index is 1300. The molecule has 0 unspecified atom stereocenters. The molecule has 0 aliphatic rings. The van der Waals surface area contributed by atoms with Gasteiger partial charge in [-0.05, 0) is 61.5 Å². The van der Waals surface area contributed by atoms with Gasteiger partial charge in [-0.1, -0.05) is 29.3 Å². The molecule has 0 saturated heterocycles. The summed E-state index contributed by atoms with van der Waals surface area (Å²) in [6, 6.07) is 14.8. The van der Waals surface area contributed by atoms with Gasteiger partial charge in [-0.3, -0.25) is 9.10 Å².